The molecule has 0 saturated heterocycles. The molecule has 2 N–H and O–H groups in total. The van der Waals surface area contributed by atoms with Gasteiger partial charge in [0.05, 0.1) is 13.2 Å². The molecule has 3 rings (SSSR count). The molecular formula is C21H27N2O4S2+. The lowest BCUT2D eigenvalue weighted by atomic mass is 10.2. The van der Waals surface area contributed by atoms with E-state index in [-0.39, 0.29) is 10.6 Å². The zero-order chi connectivity index (χ0) is 21.3. The normalized spacial score (nSPS) is 10.7. The summed E-state index contributed by atoms with van der Waals surface area (Å²) in [6.45, 7) is 7.10. The third-order valence-electron chi connectivity index (χ3n) is 3.79. The van der Waals surface area contributed by atoms with Crippen molar-refractivity contribution in [3.05, 3.63) is 65.7 Å². The molecule has 0 amide bonds. The summed E-state index contributed by atoms with van der Waals surface area (Å²) in [5.74, 6) is 0.793. The number of rotatable bonds is 8. The first-order valence-electron chi connectivity index (χ1n) is 9.40. The van der Waals surface area contributed by atoms with Gasteiger partial charge in [-0.05, 0) is 36.8 Å². The maximum absolute atomic E-state index is 12.4. The second-order valence-electron chi connectivity index (χ2n) is 5.97. The lowest BCUT2D eigenvalue weighted by Gasteiger charge is -2.11. The molecule has 0 aliphatic heterocycles. The van der Waals surface area contributed by atoms with Gasteiger partial charge in [-0.2, -0.15) is 8.42 Å². The maximum atomic E-state index is 12.4. The van der Waals surface area contributed by atoms with Crippen LogP contribution in [0.2, 0.25) is 0 Å². The van der Waals surface area contributed by atoms with Gasteiger partial charge in [-0.1, -0.05) is 43.4 Å². The molecule has 3 aromatic rings. The number of hydrogen-bond acceptors (Lipinski definition) is 6. The van der Waals surface area contributed by atoms with Crippen LogP contribution in [0.1, 0.15) is 25.8 Å². The van der Waals surface area contributed by atoms with Gasteiger partial charge in [-0.15, -0.1) is 0 Å². The number of thiazole rings is 1. The summed E-state index contributed by atoms with van der Waals surface area (Å²) in [5.41, 5.74) is 6.70. The van der Waals surface area contributed by atoms with Gasteiger partial charge in [0, 0.05) is 17.9 Å². The van der Waals surface area contributed by atoms with Crippen LogP contribution in [0.4, 0.5) is 5.13 Å². The van der Waals surface area contributed by atoms with Crippen LogP contribution in [0.3, 0.4) is 0 Å². The van der Waals surface area contributed by atoms with E-state index in [4.69, 9.17) is 14.7 Å². The Labute approximate surface area is 176 Å². The highest BCUT2D eigenvalue weighted by molar-refractivity contribution is 7.87. The lowest BCUT2D eigenvalue weighted by Crippen LogP contribution is -2.34. The van der Waals surface area contributed by atoms with Crippen molar-refractivity contribution in [3.8, 4) is 11.5 Å². The molecule has 0 unspecified atom stereocenters. The number of benzene rings is 2. The Balaban J connectivity index is 0.00000145. The highest BCUT2D eigenvalue weighted by Crippen LogP contribution is 2.25. The third-order valence-corrected chi connectivity index (χ3v) is 5.78. The molecule has 1 aromatic heterocycles. The minimum atomic E-state index is -3.88. The Morgan fingerprint density at radius 1 is 1.07 bits per heavy atom. The number of nitrogen functional groups attached to an aromatic ring is 1. The van der Waals surface area contributed by atoms with Crippen molar-refractivity contribution in [1.29, 1.82) is 0 Å². The van der Waals surface area contributed by atoms with Crippen molar-refractivity contribution >= 4 is 26.6 Å². The smallest absolute Gasteiger partial charge is 0.339 e. The molecule has 156 valence electrons. The van der Waals surface area contributed by atoms with E-state index in [9.17, 15) is 8.42 Å². The first-order valence-corrected chi connectivity index (χ1v) is 11.7. The summed E-state index contributed by atoms with van der Waals surface area (Å²) >= 11 is 1.49. The Bertz CT molecular complexity index is 1000. The monoisotopic (exact) mass is 435 g/mol. The van der Waals surface area contributed by atoms with Crippen LogP contribution < -0.4 is 19.2 Å². The molecule has 2 aromatic carbocycles. The fraction of sp³-hybridized carbons (Fsp3) is 0.286. The Morgan fingerprint density at radius 2 is 1.76 bits per heavy atom. The molecule has 29 heavy (non-hydrogen) atoms. The summed E-state index contributed by atoms with van der Waals surface area (Å²) in [6.07, 6.45) is 2.71. The van der Waals surface area contributed by atoms with Crippen molar-refractivity contribution in [1.82, 2.24) is 0 Å². The van der Waals surface area contributed by atoms with Crippen molar-refractivity contribution < 1.29 is 21.9 Å². The second kappa shape index (κ2) is 10.8. The number of nitrogens with two attached hydrogens (primary N) is 1. The Hall–Kier alpha value is -2.58. The summed E-state index contributed by atoms with van der Waals surface area (Å²) in [6, 6.07) is 13.1. The topological polar surface area (TPSA) is 82.5 Å². The molecule has 0 fully saturated rings. The van der Waals surface area contributed by atoms with Gasteiger partial charge >= 0.3 is 15.2 Å². The van der Waals surface area contributed by atoms with Crippen molar-refractivity contribution in [2.45, 2.75) is 38.6 Å². The van der Waals surface area contributed by atoms with Crippen LogP contribution in [0, 0.1) is 6.92 Å². The first kappa shape index (κ1) is 22.7. The molecule has 6 nitrogen and oxygen atoms in total. The van der Waals surface area contributed by atoms with Crippen LogP contribution in [-0.2, 0) is 16.7 Å². The van der Waals surface area contributed by atoms with Gasteiger partial charge in [0.2, 0.25) is 0 Å². The number of ether oxygens (including phenoxy) is 1. The number of aryl methyl sites for hydroxylation is 2. The van der Waals surface area contributed by atoms with E-state index in [2.05, 4.69) is 0 Å². The molecule has 0 aliphatic rings. The Kier molecular flexibility index (Phi) is 8.48. The maximum Gasteiger partial charge on any atom is 0.339 e. The molecule has 8 heteroatoms. The zero-order valence-electron chi connectivity index (χ0n) is 16.9. The van der Waals surface area contributed by atoms with Gasteiger partial charge < -0.3 is 8.92 Å². The highest BCUT2D eigenvalue weighted by atomic mass is 32.2. The Morgan fingerprint density at radius 3 is 2.41 bits per heavy atom. The van der Waals surface area contributed by atoms with E-state index in [1.54, 1.807) is 30.3 Å². The van der Waals surface area contributed by atoms with Crippen LogP contribution in [-0.4, -0.2) is 15.0 Å². The molecule has 0 atom stereocenters. The standard InChI is InChI=1S/C19H20N2O4S2.C2H6/c1-15-12-16(24-10-5-8-21-9-11-26-19(21)20)14-17(13-15)25-27(22,23)18-6-3-2-4-7-18;1-2/h2-4,6-7,9,11-14,20H,5,8,10H2,1H3;1-2H3/p+1. The fourth-order valence-electron chi connectivity index (χ4n) is 2.53. The summed E-state index contributed by atoms with van der Waals surface area (Å²) in [4.78, 5) is 0.111. The van der Waals surface area contributed by atoms with Crippen molar-refractivity contribution in [2.75, 3.05) is 12.3 Å². The van der Waals surface area contributed by atoms with E-state index >= 15 is 0 Å². The molecule has 0 radical (unpaired) electrons. The number of aromatic nitrogens is 1. The SMILES string of the molecule is CC.Cc1cc(OCCC[n+]2ccsc2N)cc(OS(=O)(=O)c2ccccc2)c1. The number of hydrogen-bond donors (Lipinski definition) is 1. The van der Waals surface area contributed by atoms with Gasteiger partial charge in [0.25, 0.3) is 0 Å². The van der Waals surface area contributed by atoms with Gasteiger partial charge in [0.15, 0.2) is 0 Å². The molecule has 0 bridgehead atoms. The summed E-state index contributed by atoms with van der Waals surface area (Å²) in [5, 5.41) is 2.69. The van der Waals surface area contributed by atoms with E-state index in [1.165, 1.54) is 23.5 Å². The van der Waals surface area contributed by atoms with E-state index in [0.29, 0.717) is 12.4 Å². The van der Waals surface area contributed by atoms with Gasteiger partial charge in [-0.3, -0.25) is 5.73 Å². The summed E-state index contributed by atoms with van der Waals surface area (Å²) in [7, 11) is -3.88. The molecular weight excluding hydrogens is 408 g/mol. The second-order valence-corrected chi connectivity index (χ2v) is 8.44. The van der Waals surface area contributed by atoms with Gasteiger partial charge in [0.1, 0.15) is 22.6 Å². The molecule has 0 aliphatic carbocycles. The number of anilines is 1. The predicted octanol–water partition coefficient (Wildman–Crippen LogP) is 4.19. The fourth-order valence-corrected chi connectivity index (χ4v) is 4.10. The van der Waals surface area contributed by atoms with Gasteiger partial charge in [-0.25, -0.2) is 4.57 Å². The minimum Gasteiger partial charge on any atom is -0.493 e. The molecule has 0 saturated carbocycles. The zero-order valence-corrected chi connectivity index (χ0v) is 18.5. The molecule has 0 spiro atoms. The number of nitrogens with zero attached hydrogens (tertiary/aromatic N) is 1. The molecule has 1 heterocycles. The third kappa shape index (κ3) is 6.76. The van der Waals surface area contributed by atoms with Crippen LogP contribution in [0.5, 0.6) is 11.5 Å². The van der Waals surface area contributed by atoms with Crippen LogP contribution in [0.25, 0.3) is 0 Å². The minimum absolute atomic E-state index is 0.111. The van der Waals surface area contributed by atoms with Crippen molar-refractivity contribution in [3.63, 3.8) is 0 Å². The summed E-state index contributed by atoms with van der Waals surface area (Å²) < 4.78 is 37.7. The van der Waals surface area contributed by atoms with Crippen molar-refractivity contribution in [2.24, 2.45) is 0 Å². The van der Waals surface area contributed by atoms with E-state index in [1.807, 2.05) is 43.0 Å². The van der Waals surface area contributed by atoms with E-state index < -0.39 is 10.1 Å². The lowest BCUT2D eigenvalue weighted by molar-refractivity contribution is -0.679. The quantitative estimate of drug-likeness (QED) is 0.326. The highest BCUT2D eigenvalue weighted by Gasteiger charge is 2.16. The first-order chi connectivity index (χ1) is 13.9. The van der Waals surface area contributed by atoms with Crippen LogP contribution >= 0.6 is 11.3 Å². The van der Waals surface area contributed by atoms with Crippen LogP contribution in [0.15, 0.2) is 65.0 Å². The average Bonchev–Trinajstić information content (AvgIpc) is 3.11. The average molecular weight is 436 g/mol. The predicted molar refractivity (Wildman–Crippen MR) is 116 cm³/mol. The van der Waals surface area contributed by atoms with E-state index in [0.717, 1.165) is 23.7 Å². The largest absolute Gasteiger partial charge is 0.493 e.